The molecule has 3 nitrogen and oxygen atoms in total. The summed E-state index contributed by atoms with van der Waals surface area (Å²) in [5, 5.41) is 8.72. The largest absolute Gasteiger partial charge is 0.369 e. The van der Waals surface area contributed by atoms with E-state index >= 15 is 0 Å². The van der Waals surface area contributed by atoms with Crippen LogP contribution in [-0.2, 0) is 6.42 Å². The van der Waals surface area contributed by atoms with E-state index in [1.807, 2.05) is 28.9 Å². The number of rotatable bonds is 2. The highest BCUT2D eigenvalue weighted by molar-refractivity contribution is 6.32. The molecule has 110 valence electrons. The van der Waals surface area contributed by atoms with Crippen molar-refractivity contribution in [3.8, 4) is 16.9 Å². The molecule has 3 aromatic rings. The smallest absolute Gasteiger partial charge is 0.133 e. The zero-order valence-electron chi connectivity index (χ0n) is 11.7. The molecule has 0 unspecified atom stereocenters. The first-order chi connectivity index (χ1) is 10.7. The first-order valence-corrected chi connectivity index (χ1v) is 7.48. The third-order valence-corrected chi connectivity index (χ3v) is 4.17. The zero-order chi connectivity index (χ0) is 15.1. The summed E-state index contributed by atoms with van der Waals surface area (Å²) in [6.45, 7) is 0.867. The number of fused-ring (bicyclic) bond motifs is 1. The van der Waals surface area contributed by atoms with Crippen molar-refractivity contribution in [1.29, 1.82) is 0 Å². The average molecular weight is 314 g/mol. The summed E-state index contributed by atoms with van der Waals surface area (Å²) < 4.78 is 15.0. The molecule has 0 fully saturated rings. The van der Waals surface area contributed by atoms with Crippen molar-refractivity contribution in [1.82, 2.24) is 9.78 Å². The molecule has 0 spiro atoms. The maximum atomic E-state index is 13.1. The maximum Gasteiger partial charge on any atom is 0.133 e. The van der Waals surface area contributed by atoms with Crippen LogP contribution in [0.5, 0.6) is 0 Å². The quantitative estimate of drug-likeness (QED) is 0.764. The third kappa shape index (κ3) is 2.07. The van der Waals surface area contributed by atoms with Gasteiger partial charge in [-0.1, -0.05) is 23.7 Å². The molecule has 1 aromatic heterocycles. The van der Waals surface area contributed by atoms with Crippen LogP contribution >= 0.6 is 11.6 Å². The van der Waals surface area contributed by atoms with Crippen molar-refractivity contribution >= 4 is 17.4 Å². The molecule has 5 heteroatoms. The second-order valence-electron chi connectivity index (χ2n) is 5.22. The number of nitrogens with one attached hydrogen (secondary N) is 1. The molecule has 22 heavy (non-hydrogen) atoms. The molecule has 1 N–H and O–H groups in total. The first-order valence-electron chi connectivity index (χ1n) is 7.10. The summed E-state index contributed by atoms with van der Waals surface area (Å²) in [7, 11) is 0. The van der Waals surface area contributed by atoms with Crippen LogP contribution in [0.15, 0.2) is 48.5 Å². The van der Waals surface area contributed by atoms with Gasteiger partial charge in [0.25, 0.3) is 0 Å². The topological polar surface area (TPSA) is 29.9 Å². The van der Waals surface area contributed by atoms with E-state index in [1.54, 1.807) is 12.1 Å². The Hall–Kier alpha value is -2.33. The standard InChI is InChI=1S/C17H13ClFN3/c18-14-3-1-2-4-15(14)22-17-13(9-10-20-17)16(21-22)11-5-7-12(19)8-6-11/h1-8,20H,9-10H2. The van der Waals surface area contributed by atoms with Crippen molar-refractivity contribution < 1.29 is 4.39 Å². The molecule has 0 saturated carbocycles. The van der Waals surface area contributed by atoms with Crippen LogP contribution in [-0.4, -0.2) is 16.3 Å². The summed E-state index contributed by atoms with van der Waals surface area (Å²) in [5.41, 5.74) is 3.77. The lowest BCUT2D eigenvalue weighted by Crippen LogP contribution is -2.04. The third-order valence-electron chi connectivity index (χ3n) is 3.85. The molecular formula is C17H13ClFN3. The second-order valence-corrected chi connectivity index (χ2v) is 5.63. The molecule has 0 bridgehead atoms. The Morgan fingerprint density at radius 2 is 1.86 bits per heavy atom. The molecule has 0 amide bonds. The van der Waals surface area contributed by atoms with E-state index in [4.69, 9.17) is 16.7 Å². The van der Waals surface area contributed by atoms with E-state index in [2.05, 4.69) is 5.32 Å². The van der Waals surface area contributed by atoms with Crippen LogP contribution in [0.2, 0.25) is 5.02 Å². The average Bonchev–Trinajstić information content (AvgIpc) is 3.11. The molecule has 4 rings (SSSR count). The maximum absolute atomic E-state index is 13.1. The van der Waals surface area contributed by atoms with Gasteiger partial charge < -0.3 is 5.32 Å². The highest BCUT2D eigenvalue weighted by Gasteiger charge is 2.24. The Morgan fingerprint density at radius 1 is 1.09 bits per heavy atom. The number of benzene rings is 2. The number of halogens is 2. The first kappa shape index (κ1) is 13.3. The minimum Gasteiger partial charge on any atom is -0.369 e. The van der Waals surface area contributed by atoms with Crippen LogP contribution in [0.4, 0.5) is 10.2 Å². The van der Waals surface area contributed by atoms with Crippen molar-refractivity contribution in [2.45, 2.75) is 6.42 Å². The zero-order valence-corrected chi connectivity index (χ0v) is 12.4. The van der Waals surface area contributed by atoms with Gasteiger partial charge in [-0.25, -0.2) is 9.07 Å². The lowest BCUT2D eigenvalue weighted by atomic mass is 10.1. The highest BCUT2D eigenvalue weighted by atomic mass is 35.5. The SMILES string of the molecule is Fc1ccc(-c2nn(-c3ccccc3Cl)c3c2CCN3)cc1. The Morgan fingerprint density at radius 3 is 2.64 bits per heavy atom. The summed E-state index contributed by atoms with van der Waals surface area (Å²) in [6, 6.07) is 14.0. The Balaban J connectivity index is 1.90. The highest BCUT2D eigenvalue weighted by Crippen LogP contribution is 2.35. The lowest BCUT2D eigenvalue weighted by molar-refractivity contribution is 0.628. The van der Waals surface area contributed by atoms with Gasteiger partial charge in [0.05, 0.1) is 16.4 Å². The Bertz CT molecular complexity index is 840. The molecule has 1 aliphatic rings. The van der Waals surface area contributed by atoms with E-state index in [-0.39, 0.29) is 5.82 Å². The number of nitrogens with zero attached hydrogens (tertiary/aromatic N) is 2. The second kappa shape index (κ2) is 5.14. The van der Waals surface area contributed by atoms with Gasteiger partial charge in [0.2, 0.25) is 0 Å². The number of aromatic nitrogens is 2. The summed E-state index contributed by atoms with van der Waals surface area (Å²) in [4.78, 5) is 0. The fourth-order valence-corrected chi connectivity index (χ4v) is 3.03. The van der Waals surface area contributed by atoms with Crippen LogP contribution in [0, 0.1) is 5.82 Å². The van der Waals surface area contributed by atoms with Crippen LogP contribution in [0.3, 0.4) is 0 Å². The fourth-order valence-electron chi connectivity index (χ4n) is 2.81. The molecule has 1 aliphatic heterocycles. The number of anilines is 1. The van der Waals surface area contributed by atoms with E-state index in [9.17, 15) is 4.39 Å². The van der Waals surface area contributed by atoms with Gasteiger partial charge in [-0.15, -0.1) is 0 Å². The van der Waals surface area contributed by atoms with Gasteiger partial charge in [-0.3, -0.25) is 0 Å². The molecule has 0 saturated heterocycles. The van der Waals surface area contributed by atoms with E-state index in [0.717, 1.165) is 41.3 Å². The van der Waals surface area contributed by atoms with Gasteiger partial charge in [-0.05, 0) is 42.8 Å². The van der Waals surface area contributed by atoms with Crippen molar-refractivity contribution in [2.75, 3.05) is 11.9 Å². The predicted molar refractivity (Wildman–Crippen MR) is 86.2 cm³/mol. The van der Waals surface area contributed by atoms with Crippen molar-refractivity contribution in [3.05, 3.63) is 64.9 Å². The Labute approximate surface area is 132 Å². The van der Waals surface area contributed by atoms with Crippen molar-refractivity contribution in [2.24, 2.45) is 0 Å². The number of hydrogen-bond acceptors (Lipinski definition) is 2. The minimum absolute atomic E-state index is 0.246. The summed E-state index contributed by atoms with van der Waals surface area (Å²) >= 11 is 6.30. The summed E-state index contributed by atoms with van der Waals surface area (Å²) in [6.07, 6.45) is 0.895. The van der Waals surface area contributed by atoms with Gasteiger partial charge in [0.1, 0.15) is 11.6 Å². The number of para-hydroxylation sites is 1. The van der Waals surface area contributed by atoms with Crippen LogP contribution < -0.4 is 5.32 Å². The summed E-state index contributed by atoms with van der Waals surface area (Å²) in [5.74, 6) is 0.719. The van der Waals surface area contributed by atoms with E-state index in [0.29, 0.717) is 5.02 Å². The molecular weight excluding hydrogens is 301 g/mol. The minimum atomic E-state index is -0.246. The van der Waals surface area contributed by atoms with Gasteiger partial charge in [0.15, 0.2) is 0 Å². The monoisotopic (exact) mass is 313 g/mol. The normalized spacial score (nSPS) is 13.0. The predicted octanol–water partition coefficient (Wildman–Crippen LogP) is 4.30. The molecule has 2 heterocycles. The van der Waals surface area contributed by atoms with Gasteiger partial charge in [-0.2, -0.15) is 5.10 Å². The number of hydrogen-bond donors (Lipinski definition) is 1. The van der Waals surface area contributed by atoms with Crippen molar-refractivity contribution in [3.63, 3.8) is 0 Å². The molecule has 0 aliphatic carbocycles. The van der Waals surface area contributed by atoms with Gasteiger partial charge in [0, 0.05) is 17.7 Å². The van der Waals surface area contributed by atoms with E-state index in [1.165, 1.54) is 12.1 Å². The van der Waals surface area contributed by atoms with Crippen LogP contribution in [0.25, 0.3) is 16.9 Å². The molecule has 0 radical (unpaired) electrons. The molecule has 2 aromatic carbocycles. The van der Waals surface area contributed by atoms with Crippen LogP contribution in [0.1, 0.15) is 5.56 Å². The van der Waals surface area contributed by atoms with Gasteiger partial charge >= 0.3 is 0 Å². The Kier molecular flexibility index (Phi) is 3.12. The fraction of sp³-hybridized carbons (Fsp3) is 0.118. The molecule has 0 atom stereocenters. The van der Waals surface area contributed by atoms with E-state index < -0.39 is 0 Å². The lowest BCUT2D eigenvalue weighted by Gasteiger charge is -2.07.